The highest BCUT2D eigenvalue weighted by molar-refractivity contribution is 5.85. The van der Waals surface area contributed by atoms with Crippen LogP contribution in [0.2, 0.25) is 0 Å². The minimum absolute atomic E-state index is 0. The molecule has 1 unspecified atom stereocenters. The number of carbonyl (C=O) groups excluding carboxylic acids is 1. The molecule has 0 aliphatic carbocycles. The van der Waals surface area contributed by atoms with Gasteiger partial charge in [-0.05, 0) is 31.5 Å². The van der Waals surface area contributed by atoms with E-state index in [1.165, 1.54) is 0 Å². The second-order valence-electron chi connectivity index (χ2n) is 6.78. The fraction of sp³-hybridized carbons (Fsp3) is 0.250. The van der Waals surface area contributed by atoms with E-state index >= 15 is 0 Å². The van der Waals surface area contributed by atoms with Crippen LogP contribution >= 0.6 is 12.4 Å². The number of aromatic nitrogens is 3. The first-order chi connectivity index (χ1) is 12.5. The summed E-state index contributed by atoms with van der Waals surface area (Å²) in [7, 11) is 0. The Bertz CT molecular complexity index is 864. The predicted octanol–water partition coefficient (Wildman–Crippen LogP) is 3.13. The zero-order valence-electron chi connectivity index (χ0n) is 15.4. The van der Waals surface area contributed by atoms with Crippen molar-refractivity contribution in [1.82, 2.24) is 20.3 Å². The second-order valence-corrected chi connectivity index (χ2v) is 6.78. The number of halogens is 1. The average Bonchev–Trinajstić information content (AvgIpc) is 3.14. The fourth-order valence-electron chi connectivity index (χ4n) is 2.74. The number of hydrogen-bond donors (Lipinski definition) is 2. The van der Waals surface area contributed by atoms with Crippen LogP contribution < -0.4 is 11.1 Å². The lowest BCUT2D eigenvalue weighted by atomic mass is 9.99. The van der Waals surface area contributed by atoms with Crippen LogP contribution in [0.5, 0.6) is 0 Å². The lowest BCUT2D eigenvalue weighted by molar-refractivity contribution is -0.123. The number of carbonyl (C=O) groups is 1. The van der Waals surface area contributed by atoms with Crippen molar-refractivity contribution < 1.29 is 4.79 Å². The number of nitrogens with two attached hydrogens (primary N) is 1. The van der Waals surface area contributed by atoms with Gasteiger partial charge in [-0.3, -0.25) is 4.79 Å². The highest BCUT2D eigenvalue weighted by Gasteiger charge is 2.27. The predicted molar refractivity (Wildman–Crippen MR) is 108 cm³/mol. The monoisotopic (exact) mass is 385 g/mol. The highest BCUT2D eigenvalue weighted by Crippen LogP contribution is 2.20. The van der Waals surface area contributed by atoms with Crippen LogP contribution in [0, 0.1) is 0 Å². The zero-order chi connectivity index (χ0) is 18.6. The molecule has 0 aliphatic heterocycles. The zero-order valence-corrected chi connectivity index (χ0v) is 16.2. The maximum Gasteiger partial charge on any atom is 0.222 e. The van der Waals surface area contributed by atoms with E-state index in [1.54, 1.807) is 4.68 Å². The molecule has 1 heterocycles. The smallest absolute Gasteiger partial charge is 0.222 e. The largest absolute Gasteiger partial charge is 0.345 e. The van der Waals surface area contributed by atoms with Gasteiger partial charge in [0.05, 0.1) is 17.4 Å². The van der Waals surface area contributed by atoms with Crippen molar-refractivity contribution in [3.63, 3.8) is 0 Å². The molecule has 27 heavy (non-hydrogen) atoms. The van der Waals surface area contributed by atoms with Gasteiger partial charge < -0.3 is 11.1 Å². The van der Waals surface area contributed by atoms with Crippen molar-refractivity contribution in [2.24, 2.45) is 5.73 Å². The fourth-order valence-corrected chi connectivity index (χ4v) is 2.74. The van der Waals surface area contributed by atoms with Crippen LogP contribution in [0.25, 0.3) is 5.69 Å². The number of nitrogens with zero attached hydrogens (tertiary/aromatic N) is 3. The molecule has 0 bridgehead atoms. The molecule has 1 aromatic heterocycles. The van der Waals surface area contributed by atoms with Gasteiger partial charge in [-0.1, -0.05) is 53.7 Å². The Morgan fingerprint density at radius 1 is 1.11 bits per heavy atom. The number of benzene rings is 2. The van der Waals surface area contributed by atoms with Gasteiger partial charge in [0.1, 0.15) is 5.69 Å². The molecular weight excluding hydrogens is 362 g/mol. The Balaban J connectivity index is 0.00000261. The quantitative estimate of drug-likeness (QED) is 0.682. The Hall–Kier alpha value is -2.70. The number of rotatable bonds is 6. The SMILES string of the molecule is CC(C)(NC(=O)CC(N)c1ccccc1)c1cn(-c2ccccc2)nn1.Cl. The molecular formula is C20H24ClN5O. The molecule has 0 spiro atoms. The molecule has 3 N–H and O–H groups in total. The first-order valence-electron chi connectivity index (χ1n) is 8.55. The van der Waals surface area contributed by atoms with E-state index in [0.717, 1.165) is 11.3 Å². The van der Waals surface area contributed by atoms with Gasteiger partial charge in [-0.25, -0.2) is 4.68 Å². The second kappa shape index (κ2) is 8.79. The Labute approximate surface area is 165 Å². The van der Waals surface area contributed by atoms with Crippen LogP contribution in [0.3, 0.4) is 0 Å². The van der Waals surface area contributed by atoms with Crippen LogP contribution in [-0.4, -0.2) is 20.9 Å². The molecule has 0 fully saturated rings. The number of para-hydroxylation sites is 1. The number of amides is 1. The molecule has 0 saturated heterocycles. The van der Waals surface area contributed by atoms with Crippen LogP contribution in [0.4, 0.5) is 0 Å². The van der Waals surface area contributed by atoms with Gasteiger partial charge in [-0.2, -0.15) is 0 Å². The van der Waals surface area contributed by atoms with E-state index in [1.807, 2.05) is 80.7 Å². The summed E-state index contributed by atoms with van der Waals surface area (Å²) in [4.78, 5) is 12.4. The van der Waals surface area contributed by atoms with Crippen LogP contribution in [0.1, 0.15) is 37.6 Å². The molecule has 2 aromatic carbocycles. The third-order valence-electron chi connectivity index (χ3n) is 4.24. The van der Waals surface area contributed by atoms with E-state index in [9.17, 15) is 4.79 Å². The molecule has 0 aliphatic rings. The first-order valence-corrected chi connectivity index (χ1v) is 8.55. The van der Waals surface area contributed by atoms with E-state index in [0.29, 0.717) is 5.69 Å². The number of hydrogen-bond acceptors (Lipinski definition) is 4. The Morgan fingerprint density at radius 2 is 1.70 bits per heavy atom. The summed E-state index contributed by atoms with van der Waals surface area (Å²) < 4.78 is 1.69. The number of nitrogens with one attached hydrogen (secondary N) is 1. The summed E-state index contributed by atoms with van der Waals surface area (Å²) in [5, 5.41) is 11.4. The van der Waals surface area contributed by atoms with Gasteiger partial charge in [0.15, 0.2) is 0 Å². The first kappa shape index (κ1) is 20.6. The molecule has 3 rings (SSSR count). The lowest BCUT2D eigenvalue weighted by Gasteiger charge is -2.24. The van der Waals surface area contributed by atoms with E-state index in [2.05, 4.69) is 15.6 Å². The van der Waals surface area contributed by atoms with Gasteiger partial charge >= 0.3 is 0 Å². The average molecular weight is 386 g/mol. The van der Waals surface area contributed by atoms with Crippen molar-refractivity contribution in [1.29, 1.82) is 0 Å². The summed E-state index contributed by atoms with van der Waals surface area (Å²) in [6.45, 7) is 3.80. The summed E-state index contributed by atoms with van der Waals surface area (Å²) in [5.74, 6) is -0.124. The van der Waals surface area contributed by atoms with Crippen molar-refractivity contribution in [2.75, 3.05) is 0 Å². The minimum atomic E-state index is -0.652. The van der Waals surface area contributed by atoms with Crippen molar-refractivity contribution in [2.45, 2.75) is 31.8 Å². The molecule has 6 nitrogen and oxygen atoms in total. The molecule has 1 atom stereocenters. The van der Waals surface area contributed by atoms with Gasteiger partial charge in [0.25, 0.3) is 0 Å². The van der Waals surface area contributed by atoms with Crippen molar-refractivity contribution >= 4 is 18.3 Å². The summed E-state index contributed by atoms with van der Waals surface area (Å²) >= 11 is 0. The molecule has 142 valence electrons. The maximum atomic E-state index is 12.4. The summed E-state index contributed by atoms with van der Waals surface area (Å²) in [6.07, 6.45) is 2.03. The van der Waals surface area contributed by atoms with Crippen LogP contribution in [0.15, 0.2) is 66.9 Å². The maximum absolute atomic E-state index is 12.4. The Kier molecular flexibility index (Phi) is 6.71. The van der Waals surface area contributed by atoms with Gasteiger partial charge in [0.2, 0.25) is 5.91 Å². The van der Waals surface area contributed by atoms with Gasteiger partial charge in [-0.15, -0.1) is 17.5 Å². The summed E-state index contributed by atoms with van der Waals surface area (Å²) in [5.41, 5.74) is 8.03. The van der Waals surface area contributed by atoms with E-state index in [4.69, 9.17) is 5.73 Å². The highest BCUT2D eigenvalue weighted by atomic mass is 35.5. The lowest BCUT2D eigenvalue weighted by Crippen LogP contribution is -2.42. The third-order valence-corrected chi connectivity index (χ3v) is 4.24. The van der Waals surface area contributed by atoms with Crippen molar-refractivity contribution in [3.8, 4) is 5.69 Å². The topological polar surface area (TPSA) is 85.8 Å². The molecule has 0 saturated carbocycles. The van der Waals surface area contributed by atoms with Crippen LogP contribution in [-0.2, 0) is 10.3 Å². The van der Waals surface area contributed by atoms with E-state index in [-0.39, 0.29) is 30.8 Å². The molecule has 1 amide bonds. The van der Waals surface area contributed by atoms with Crippen molar-refractivity contribution in [3.05, 3.63) is 78.1 Å². The molecule has 0 radical (unpaired) electrons. The normalized spacial score (nSPS) is 12.1. The molecule has 7 heteroatoms. The van der Waals surface area contributed by atoms with E-state index < -0.39 is 5.54 Å². The minimum Gasteiger partial charge on any atom is -0.345 e. The standard InChI is InChI=1S/C20H23N5O.ClH/c1-20(2,18-14-25(24-23-18)16-11-7-4-8-12-16)22-19(26)13-17(21)15-9-5-3-6-10-15;/h3-12,14,17H,13,21H2,1-2H3,(H,22,26);1H. The summed E-state index contributed by atoms with van der Waals surface area (Å²) in [6, 6.07) is 19.0. The third kappa shape index (κ3) is 5.15. The molecule has 3 aromatic rings. The Morgan fingerprint density at radius 3 is 2.33 bits per heavy atom. The van der Waals surface area contributed by atoms with Gasteiger partial charge in [0, 0.05) is 12.5 Å².